The van der Waals surface area contributed by atoms with Gasteiger partial charge in [-0.15, -0.1) is 10.2 Å². The molecule has 9 aromatic carbocycles. The number of rotatable bonds is 40. The van der Waals surface area contributed by atoms with Gasteiger partial charge in [0.2, 0.25) is 17.1 Å². The summed E-state index contributed by atoms with van der Waals surface area (Å²) in [6, 6.07) is 68.8. The number of Topliss-reactive ketones (excluding diaryl/α,β-unsaturated/α-hetero) is 3. The van der Waals surface area contributed by atoms with Crippen LogP contribution in [0.15, 0.2) is 325 Å². The van der Waals surface area contributed by atoms with Crippen molar-refractivity contribution in [3.63, 3.8) is 0 Å². The monoisotopic (exact) mass is 1930 g/mol. The number of benzene rings is 9. The number of fused-ring (bicyclic) bond motifs is 4. The predicted molar refractivity (Wildman–Crippen MR) is 571 cm³/mol. The molecule has 0 unspecified atom stereocenters. The highest BCUT2D eigenvalue weighted by Gasteiger charge is 2.34. The number of carbonyl (C=O) groups excluding carboxylic acids is 3. The second-order valence-corrected chi connectivity index (χ2v) is 36.9. The van der Waals surface area contributed by atoms with Crippen molar-refractivity contribution in [3.8, 4) is 0 Å². The second kappa shape index (κ2) is 57.8. The van der Waals surface area contributed by atoms with Gasteiger partial charge in [0, 0.05) is 177 Å². The Morgan fingerprint density at radius 1 is 0.411 bits per heavy atom. The SMILES string of the molecule is CCCCN(CCCC)c1ccc(N(c2ccc(N(CCCC)CCCC)cc2)C2C=CC(=[N+](c3ccc(N(CCCC)CCCC)cc3)c3ccc(N(CCCC)CCCC)cc3)C=C2)cc1.CN(C)c1ccc(/C=C2/C=C(C=C3C=CC(=[N+](C)C)C=C3)CCC2)cc1.FB(F)F.O=C1C(=C/C=C/C=C/C=C/C2=C([O-])c3cc4ccccc4cc3C2=O)C(=O)c2cc3ccccc3cc21.[F-].[O-][Cl+3]([O-])([O-])[O-]. The smallest absolute Gasteiger partial charge is 0.762 e. The zero-order valence-electron chi connectivity index (χ0n) is 84.3. The first-order chi connectivity index (χ1) is 67.7. The van der Waals surface area contributed by atoms with E-state index in [1.807, 2.05) is 48.5 Å². The van der Waals surface area contributed by atoms with Crippen molar-refractivity contribution in [2.24, 2.45) is 0 Å². The Kier molecular flexibility index (Phi) is 45.9. The van der Waals surface area contributed by atoms with Crippen LogP contribution in [0, 0.1) is 10.2 Å². The molecule has 0 heterocycles. The molecule has 0 atom stereocenters. The fourth-order valence-corrected chi connectivity index (χ4v) is 17.4. The summed E-state index contributed by atoms with van der Waals surface area (Å²) < 4.78 is 67.6. The summed E-state index contributed by atoms with van der Waals surface area (Å²) >= 11 is 0. The van der Waals surface area contributed by atoms with Crippen LogP contribution in [0.5, 0.6) is 0 Å². The van der Waals surface area contributed by atoms with Gasteiger partial charge in [0.15, 0.2) is 23.1 Å². The lowest BCUT2D eigenvalue weighted by Gasteiger charge is -2.33. The van der Waals surface area contributed by atoms with Gasteiger partial charge in [0.1, 0.15) is 14.1 Å². The summed E-state index contributed by atoms with van der Waals surface area (Å²) in [7, 11) is -0.315. The highest BCUT2D eigenvalue weighted by atomic mass is 35.7. The number of hydrogen-bond donors (Lipinski definition) is 0. The van der Waals surface area contributed by atoms with Gasteiger partial charge in [-0.3, -0.25) is 27.3 Å². The lowest BCUT2D eigenvalue weighted by Crippen LogP contribution is -3.00. The Morgan fingerprint density at radius 3 is 1.12 bits per heavy atom. The topological polar surface area (TPSA) is 192 Å². The average molecular weight is 1930 g/mol. The standard InChI is InChI=1S/C62H93N6.C33H20O4.C24H29N2.BF3.ClHO4.FH/c1-9-17-45-63(46-18-10-2)53-25-33-57(34-26-53)67(58-35-27-54(28-36-58)64(47-19-11-3)48-20-12-4)61-41-43-62(44-42-61)68(59-37-29-55(30-38-59)65(49-21-13-5)50-22-14-6)60-39-31-56(32-40-60)66(51-23-15-7)52-24-16-8;34-30-24(31(35)27-17-21-11-7-6-10-20(21)16-26(27)30)14-4-2-1-3-5-15-25-32(36)28-18-22-12-8-9-13-23(22)19-29(28)33(25)37;1-25(2)23-12-8-19(9-13-23)16-21-6-5-7-22(18-21)17-20-10-14-24(15-11-20)26(3)4;2-1(3)4;2-1(3,4)5;/h25-44,61H,9-24,45-52H2,1-8H3;1-19,34H;8-18H,5-7H2,1-4H3;;(H,2,3,4,5);1H/q+1;;+1;;;/p-3/b;2-1+,5-3+,14-4+;;;;. The van der Waals surface area contributed by atoms with Gasteiger partial charge in [0.25, 0.3) is 0 Å². The van der Waals surface area contributed by atoms with E-state index in [4.69, 9.17) is 18.6 Å². The van der Waals surface area contributed by atoms with Gasteiger partial charge in [0.05, 0.1) is 11.6 Å². The molecule has 5 aliphatic carbocycles. The number of nitrogens with zero attached hydrogens (tertiary/aromatic N) is 8. The van der Waals surface area contributed by atoms with Gasteiger partial charge in [-0.05, 0) is 247 Å². The maximum absolute atomic E-state index is 12.8. The lowest BCUT2D eigenvalue weighted by molar-refractivity contribution is -2.00. The van der Waals surface area contributed by atoms with Crippen LogP contribution in [0.3, 0.4) is 0 Å². The van der Waals surface area contributed by atoms with Gasteiger partial charge in [-0.2, -0.15) is 4.58 Å². The van der Waals surface area contributed by atoms with E-state index in [0.717, 1.165) is 86.7 Å². The van der Waals surface area contributed by atoms with E-state index in [2.05, 4.69) is 310 Å². The molecular weight excluding hydrogens is 1790 g/mol. The highest BCUT2D eigenvalue weighted by molar-refractivity contribution is 6.40. The van der Waals surface area contributed by atoms with E-state index in [0.29, 0.717) is 22.3 Å². The second-order valence-electron chi connectivity index (χ2n) is 36.1. The molecule has 0 fully saturated rings. The molecule has 744 valence electrons. The van der Waals surface area contributed by atoms with Crippen LogP contribution in [0.2, 0.25) is 0 Å². The first kappa shape index (κ1) is 112. The molecule has 5 aliphatic rings. The third-order valence-electron chi connectivity index (χ3n) is 25.2. The van der Waals surface area contributed by atoms with Gasteiger partial charge >= 0.3 is 7.54 Å². The molecule has 0 amide bonds. The predicted octanol–water partition coefficient (Wildman–Crippen LogP) is 21.0. The molecule has 9 aromatic rings. The Balaban J connectivity index is 0.000000251. The molecule has 0 N–H and O–H groups in total. The van der Waals surface area contributed by atoms with E-state index in [1.165, 1.54) is 206 Å². The minimum Gasteiger partial charge on any atom is -1.00 e. The lowest BCUT2D eigenvalue weighted by atomic mass is 9.92. The molecule has 0 aromatic heterocycles. The number of unbranched alkanes of at least 4 members (excludes halogenated alkanes) is 8. The molecule has 0 bridgehead atoms. The van der Waals surface area contributed by atoms with Crippen molar-refractivity contribution in [3.05, 3.63) is 353 Å². The number of anilines is 7. The molecule has 14 rings (SSSR count). The molecule has 141 heavy (non-hydrogen) atoms. The summed E-state index contributed by atoms with van der Waals surface area (Å²) in [5.41, 5.74) is 21.1. The number of allylic oxidation sites excluding steroid dienone is 20. The summed E-state index contributed by atoms with van der Waals surface area (Å²) in [5.74, 6) is -1.11. The normalized spacial score (nSPS) is 14.4. The van der Waals surface area contributed by atoms with Crippen LogP contribution in [0.4, 0.5) is 64.1 Å². The number of hydrogen-bond acceptors (Lipinski definition) is 14. The van der Waals surface area contributed by atoms with Gasteiger partial charge < -0.3 is 39.2 Å². The summed E-state index contributed by atoms with van der Waals surface area (Å²) in [6.45, 7) is 27.2. The van der Waals surface area contributed by atoms with E-state index in [-0.39, 0.29) is 45.0 Å². The average Bonchev–Trinajstić information content (AvgIpc) is 1.63. The Labute approximate surface area is 837 Å². The zero-order chi connectivity index (χ0) is 100. The van der Waals surface area contributed by atoms with Crippen molar-refractivity contribution in [2.75, 3.05) is 110 Å². The van der Waals surface area contributed by atoms with Crippen molar-refractivity contribution in [1.82, 2.24) is 4.58 Å². The third kappa shape index (κ3) is 33.7. The maximum atomic E-state index is 12.8. The molecule has 0 radical (unpaired) electrons. The molecule has 0 aliphatic heterocycles. The number of halogens is 5. The molecule has 22 heteroatoms. The molecular formula is C119H141BClF4N8O8-. The van der Waals surface area contributed by atoms with Crippen LogP contribution in [0.25, 0.3) is 33.4 Å². The van der Waals surface area contributed by atoms with Crippen LogP contribution < -0.4 is 62.4 Å². The van der Waals surface area contributed by atoms with E-state index < -0.39 is 17.8 Å². The summed E-state index contributed by atoms with van der Waals surface area (Å²) in [6.07, 6.45) is 59.6. The zero-order valence-corrected chi connectivity index (χ0v) is 85.1. The fourth-order valence-electron chi connectivity index (χ4n) is 17.4. The largest absolute Gasteiger partial charge is 1.00 e. The van der Waals surface area contributed by atoms with Crippen LogP contribution in [-0.2, 0) is 0 Å². The molecule has 0 spiro atoms. The number of ketones is 3. The van der Waals surface area contributed by atoms with Crippen LogP contribution >= 0.6 is 0 Å². The van der Waals surface area contributed by atoms with Crippen molar-refractivity contribution in [2.45, 2.75) is 183 Å². The first-order valence-electron chi connectivity index (χ1n) is 50.1. The Morgan fingerprint density at radius 2 is 0.752 bits per heavy atom. The Hall–Kier alpha value is -12.8. The maximum Gasteiger partial charge on any atom is 0.762 e. The van der Waals surface area contributed by atoms with E-state index in [1.54, 1.807) is 54.6 Å². The van der Waals surface area contributed by atoms with Crippen LogP contribution in [0.1, 0.15) is 220 Å². The minimum absolute atomic E-state index is 0. The molecule has 0 saturated carbocycles. The Bertz CT molecular complexity index is 5780. The van der Waals surface area contributed by atoms with Gasteiger partial charge in [-0.1, -0.05) is 240 Å². The van der Waals surface area contributed by atoms with Crippen molar-refractivity contribution < 1.29 is 70.6 Å². The van der Waals surface area contributed by atoms with Crippen molar-refractivity contribution in [1.29, 1.82) is 0 Å². The molecule has 16 nitrogen and oxygen atoms in total. The quantitative estimate of drug-likeness (QED) is 0.00879. The summed E-state index contributed by atoms with van der Waals surface area (Å²) in [5, 5.41) is 16.5. The highest BCUT2D eigenvalue weighted by Crippen LogP contribution is 2.39. The minimum atomic E-state index is -4.94. The first-order valence-corrected chi connectivity index (χ1v) is 51.3. The van der Waals surface area contributed by atoms with E-state index >= 15 is 0 Å². The molecule has 0 saturated heterocycles. The van der Waals surface area contributed by atoms with E-state index in [9.17, 15) is 32.4 Å². The van der Waals surface area contributed by atoms with Crippen LogP contribution in [-0.4, -0.2) is 127 Å². The van der Waals surface area contributed by atoms with Gasteiger partial charge in [-0.25, -0.2) is 23.2 Å². The third-order valence-corrected chi connectivity index (χ3v) is 25.2. The number of carbonyl (C=O) groups is 3. The van der Waals surface area contributed by atoms with Crippen molar-refractivity contribution >= 4 is 121 Å². The fraction of sp³-hybridized carbons (Fsp3) is 0.336. The summed E-state index contributed by atoms with van der Waals surface area (Å²) in [4.78, 5) is 53.3.